The van der Waals surface area contributed by atoms with E-state index in [2.05, 4.69) is 0 Å². The zero-order chi connectivity index (χ0) is 13.3. The van der Waals surface area contributed by atoms with Gasteiger partial charge in [0.25, 0.3) is 0 Å². The van der Waals surface area contributed by atoms with Crippen LogP contribution in [0.4, 0.5) is 5.69 Å². The highest BCUT2D eigenvalue weighted by molar-refractivity contribution is 5.97. The Morgan fingerprint density at radius 2 is 2.06 bits per heavy atom. The van der Waals surface area contributed by atoms with E-state index in [0.717, 1.165) is 0 Å². The van der Waals surface area contributed by atoms with E-state index in [1.165, 1.54) is 4.90 Å². The molecule has 1 heterocycles. The van der Waals surface area contributed by atoms with Crippen molar-refractivity contribution < 1.29 is 19.4 Å². The maximum absolute atomic E-state index is 12.1. The van der Waals surface area contributed by atoms with E-state index in [1.807, 2.05) is 0 Å². The van der Waals surface area contributed by atoms with Gasteiger partial charge >= 0.3 is 5.97 Å². The maximum atomic E-state index is 12.1. The van der Waals surface area contributed by atoms with Crippen LogP contribution in [0.5, 0.6) is 5.75 Å². The van der Waals surface area contributed by atoms with E-state index in [9.17, 15) is 9.59 Å². The molecule has 1 aliphatic heterocycles. The van der Waals surface area contributed by atoms with Crippen molar-refractivity contribution in [3.63, 3.8) is 0 Å². The molecule has 1 amide bonds. The molecule has 0 bridgehead atoms. The molecule has 0 saturated heterocycles. The zero-order valence-electron chi connectivity index (χ0n) is 10.3. The third-order valence-electron chi connectivity index (χ3n) is 2.81. The maximum Gasteiger partial charge on any atom is 0.346 e. The van der Waals surface area contributed by atoms with Crippen molar-refractivity contribution in [2.75, 3.05) is 11.4 Å². The van der Waals surface area contributed by atoms with Gasteiger partial charge in [0.05, 0.1) is 12.2 Å². The Hall–Kier alpha value is -2.04. The van der Waals surface area contributed by atoms with Gasteiger partial charge in [-0.1, -0.05) is 26.0 Å². The van der Waals surface area contributed by atoms with Crippen molar-refractivity contribution in [1.82, 2.24) is 0 Å². The number of carboxylic acids is 1. The van der Waals surface area contributed by atoms with Gasteiger partial charge in [-0.3, -0.25) is 4.79 Å². The van der Waals surface area contributed by atoms with Crippen LogP contribution in [0, 0.1) is 5.92 Å². The average Bonchev–Trinajstić information content (AvgIpc) is 2.36. The van der Waals surface area contributed by atoms with Crippen LogP contribution in [0.1, 0.15) is 13.8 Å². The lowest BCUT2D eigenvalue weighted by Crippen LogP contribution is -2.48. The van der Waals surface area contributed by atoms with Gasteiger partial charge < -0.3 is 14.7 Å². The number of para-hydroxylation sites is 2. The summed E-state index contributed by atoms with van der Waals surface area (Å²) in [6.45, 7) is 3.62. The Labute approximate surface area is 105 Å². The lowest BCUT2D eigenvalue weighted by atomic mass is 10.1. The molecule has 2 rings (SSSR count). The average molecular weight is 249 g/mol. The molecule has 0 saturated carbocycles. The Balaban J connectivity index is 2.39. The van der Waals surface area contributed by atoms with Crippen molar-refractivity contribution in [2.24, 2.45) is 5.92 Å². The number of rotatable bonds is 2. The molecule has 1 atom stereocenters. The minimum atomic E-state index is -1.06. The quantitative estimate of drug-likeness (QED) is 0.863. The number of amides is 1. The summed E-state index contributed by atoms with van der Waals surface area (Å²) < 4.78 is 5.36. The van der Waals surface area contributed by atoms with Crippen molar-refractivity contribution in [2.45, 2.75) is 20.0 Å². The molecule has 0 fully saturated rings. The van der Waals surface area contributed by atoms with Gasteiger partial charge in [0.1, 0.15) is 5.75 Å². The first-order valence-electron chi connectivity index (χ1n) is 5.80. The molecule has 0 unspecified atom stereocenters. The van der Waals surface area contributed by atoms with Crippen LogP contribution in [0.15, 0.2) is 24.3 Å². The number of aliphatic carboxylic acids is 1. The second kappa shape index (κ2) is 4.68. The lowest BCUT2D eigenvalue weighted by Gasteiger charge is -2.34. The van der Waals surface area contributed by atoms with E-state index >= 15 is 0 Å². The molecule has 0 radical (unpaired) electrons. The Morgan fingerprint density at radius 3 is 2.67 bits per heavy atom. The fourth-order valence-electron chi connectivity index (χ4n) is 1.88. The van der Waals surface area contributed by atoms with Gasteiger partial charge in [-0.25, -0.2) is 4.79 Å². The van der Waals surface area contributed by atoms with E-state index in [1.54, 1.807) is 38.1 Å². The topological polar surface area (TPSA) is 66.8 Å². The van der Waals surface area contributed by atoms with E-state index in [4.69, 9.17) is 9.84 Å². The number of benzene rings is 1. The van der Waals surface area contributed by atoms with Gasteiger partial charge in [-0.05, 0) is 12.1 Å². The molecular formula is C13H15NO4. The Bertz CT molecular complexity index is 484. The third-order valence-corrected chi connectivity index (χ3v) is 2.81. The summed E-state index contributed by atoms with van der Waals surface area (Å²) >= 11 is 0. The summed E-state index contributed by atoms with van der Waals surface area (Å²) in [5.41, 5.74) is 0.633. The summed E-state index contributed by atoms with van der Waals surface area (Å²) in [4.78, 5) is 24.6. The molecule has 5 nitrogen and oxygen atoms in total. The number of carboxylic acid groups (broad SMARTS) is 1. The highest BCUT2D eigenvalue weighted by atomic mass is 16.5. The molecule has 1 aromatic rings. The first-order chi connectivity index (χ1) is 8.50. The molecule has 1 aliphatic rings. The van der Waals surface area contributed by atoms with Crippen LogP contribution in [-0.2, 0) is 9.59 Å². The number of carbonyl (C=O) groups is 2. The summed E-state index contributed by atoms with van der Waals surface area (Å²) in [6, 6.07) is 6.98. The highest BCUT2D eigenvalue weighted by Gasteiger charge is 2.34. The minimum absolute atomic E-state index is 0.0450. The van der Waals surface area contributed by atoms with Crippen LogP contribution in [0.25, 0.3) is 0 Å². The molecule has 18 heavy (non-hydrogen) atoms. The van der Waals surface area contributed by atoms with E-state index in [0.29, 0.717) is 11.4 Å². The molecule has 96 valence electrons. The van der Waals surface area contributed by atoms with Crippen molar-refractivity contribution in [3.05, 3.63) is 24.3 Å². The van der Waals surface area contributed by atoms with Crippen molar-refractivity contribution >= 4 is 17.6 Å². The lowest BCUT2D eigenvalue weighted by molar-refractivity contribution is -0.145. The first kappa shape index (κ1) is 12.4. The van der Waals surface area contributed by atoms with E-state index < -0.39 is 12.1 Å². The van der Waals surface area contributed by atoms with Gasteiger partial charge in [0.15, 0.2) is 0 Å². The fourth-order valence-corrected chi connectivity index (χ4v) is 1.88. The second-order valence-corrected chi connectivity index (χ2v) is 4.52. The second-order valence-electron chi connectivity index (χ2n) is 4.52. The molecule has 5 heteroatoms. The largest absolute Gasteiger partial charge is 0.478 e. The van der Waals surface area contributed by atoms with Crippen LogP contribution >= 0.6 is 0 Å². The van der Waals surface area contributed by atoms with Crippen molar-refractivity contribution in [3.8, 4) is 5.75 Å². The molecule has 0 spiro atoms. The standard InChI is InChI=1S/C13H15NO4/c1-8(2)12(15)14-7-11(13(16)17)18-10-6-4-3-5-9(10)14/h3-6,8,11H,7H2,1-2H3,(H,16,17)/t11-/m1/s1. The molecular weight excluding hydrogens is 234 g/mol. The van der Waals surface area contributed by atoms with Crippen LogP contribution in [0.3, 0.4) is 0 Å². The normalized spacial score (nSPS) is 18.2. The van der Waals surface area contributed by atoms with Crippen LogP contribution < -0.4 is 9.64 Å². The summed E-state index contributed by atoms with van der Waals surface area (Å²) in [5.74, 6) is -0.918. The summed E-state index contributed by atoms with van der Waals surface area (Å²) in [6.07, 6.45) is -1.01. The molecule has 0 aromatic heterocycles. The van der Waals surface area contributed by atoms with Gasteiger partial charge in [-0.15, -0.1) is 0 Å². The molecule has 0 aliphatic carbocycles. The van der Waals surface area contributed by atoms with Gasteiger partial charge in [0.2, 0.25) is 12.0 Å². The van der Waals surface area contributed by atoms with E-state index in [-0.39, 0.29) is 18.4 Å². The Kier molecular flexibility index (Phi) is 3.23. The smallest absolute Gasteiger partial charge is 0.346 e. The van der Waals surface area contributed by atoms with Gasteiger partial charge in [-0.2, -0.15) is 0 Å². The molecule has 1 aromatic carbocycles. The predicted octanol–water partition coefficient (Wildman–Crippen LogP) is 1.52. The number of hydrogen-bond acceptors (Lipinski definition) is 3. The fraction of sp³-hybridized carbons (Fsp3) is 0.385. The number of ether oxygens (including phenoxy) is 1. The number of anilines is 1. The Morgan fingerprint density at radius 1 is 1.39 bits per heavy atom. The molecule has 1 N–H and O–H groups in total. The zero-order valence-corrected chi connectivity index (χ0v) is 10.3. The first-order valence-corrected chi connectivity index (χ1v) is 5.80. The monoisotopic (exact) mass is 249 g/mol. The minimum Gasteiger partial charge on any atom is -0.478 e. The summed E-state index contributed by atoms with van der Waals surface area (Å²) in [7, 11) is 0. The summed E-state index contributed by atoms with van der Waals surface area (Å²) in [5, 5.41) is 9.04. The predicted molar refractivity (Wildman–Crippen MR) is 65.7 cm³/mol. The third kappa shape index (κ3) is 2.16. The number of hydrogen-bond donors (Lipinski definition) is 1. The highest BCUT2D eigenvalue weighted by Crippen LogP contribution is 2.33. The van der Waals surface area contributed by atoms with Gasteiger partial charge in [0, 0.05) is 5.92 Å². The van der Waals surface area contributed by atoms with Crippen molar-refractivity contribution in [1.29, 1.82) is 0 Å². The SMILES string of the molecule is CC(C)C(=O)N1C[C@H](C(=O)O)Oc2ccccc21. The van der Waals surface area contributed by atoms with Crippen LogP contribution in [0.2, 0.25) is 0 Å². The number of nitrogens with zero attached hydrogens (tertiary/aromatic N) is 1. The number of carbonyl (C=O) groups excluding carboxylic acids is 1. The number of fused-ring (bicyclic) bond motifs is 1. The van der Waals surface area contributed by atoms with Crippen LogP contribution in [-0.4, -0.2) is 29.6 Å².